The van der Waals surface area contributed by atoms with E-state index in [0.717, 1.165) is 61.8 Å². The highest BCUT2D eigenvalue weighted by Crippen LogP contribution is 2.22. The van der Waals surface area contributed by atoms with Crippen LogP contribution in [0.3, 0.4) is 0 Å². The first kappa shape index (κ1) is 17.4. The van der Waals surface area contributed by atoms with Gasteiger partial charge in [-0.3, -0.25) is 9.48 Å². The van der Waals surface area contributed by atoms with Gasteiger partial charge in [0.2, 0.25) is 5.91 Å². The molecule has 3 rings (SSSR count). The van der Waals surface area contributed by atoms with Crippen molar-refractivity contribution in [2.24, 2.45) is 0 Å². The number of aromatic nitrogens is 4. The zero-order valence-electron chi connectivity index (χ0n) is 15.2. The molecule has 1 atom stereocenters. The number of fused-ring (bicyclic) bond motifs is 1. The third kappa shape index (κ3) is 4.35. The Hall–Kier alpha value is -2.44. The van der Waals surface area contributed by atoms with Crippen LogP contribution in [0, 0.1) is 6.92 Å². The van der Waals surface area contributed by atoms with Crippen LogP contribution >= 0.6 is 0 Å². The number of anilines is 1. The molecular formula is C18H26N6O. The van der Waals surface area contributed by atoms with E-state index >= 15 is 0 Å². The maximum Gasteiger partial charge on any atom is 0.219 e. The van der Waals surface area contributed by atoms with Gasteiger partial charge in [0, 0.05) is 57.0 Å². The summed E-state index contributed by atoms with van der Waals surface area (Å²) in [6.45, 7) is 8.03. The van der Waals surface area contributed by atoms with Crippen molar-refractivity contribution in [3.8, 4) is 0 Å². The Kier molecular flexibility index (Phi) is 5.31. The Balaban J connectivity index is 1.71. The summed E-state index contributed by atoms with van der Waals surface area (Å²) >= 11 is 0. The number of hydrogen-bond donors (Lipinski definition) is 1. The number of carbonyl (C=O) groups is 1. The van der Waals surface area contributed by atoms with Crippen molar-refractivity contribution < 1.29 is 4.79 Å². The third-order valence-electron chi connectivity index (χ3n) is 4.63. The monoisotopic (exact) mass is 342 g/mol. The molecule has 0 aromatic carbocycles. The number of nitrogens with one attached hydrogen (secondary N) is 1. The summed E-state index contributed by atoms with van der Waals surface area (Å²) in [5, 5.41) is 7.79. The van der Waals surface area contributed by atoms with E-state index in [9.17, 15) is 4.79 Å². The molecule has 7 heteroatoms. The second kappa shape index (κ2) is 7.63. The summed E-state index contributed by atoms with van der Waals surface area (Å²) in [6, 6.07) is 2.21. The van der Waals surface area contributed by atoms with E-state index in [1.807, 2.05) is 28.8 Å². The summed E-state index contributed by atoms with van der Waals surface area (Å²) in [4.78, 5) is 22.8. The first-order valence-electron chi connectivity index (χ1n) is 8.89. The van der Waals surface area contributed by atoms with Crippen LogP contribution in [-0.2, 0) is 24.2 Å². The molecule has 0 aliphatic carbocycles. The number of hydrogen-bond acceptors (Lipinski definition) is 5. The van der Waals surface area contributed by atoms with Crippen LogP contribution in [0.1, 0.15) is 37.4 Å². The van der Waals surface area contributed by atoms with Crippen molar-refractivity contribution in [1.29, 1.82) is 0 Å². The van der Waals surface area contributed by atoms with E-state index in [4.69, 9.17) is 0 Å². The Morgan fingerprint density at radius 2 is 2.12 bits per heavy atom. The second-order valence-electron chi connectivity index (χ2n) is 6.65. The topological polar surface area (TPSA) is 75.9 Å². The van der Waals surface area contributed by atoms with Gasteiger partial charge < -0.3 is 10.2 Å². The van der Waals surface area contributed by atoms with Gasteiger partial charge in [0.1, 0.15) is 11.6 Å². The average molecular weight is 342 g/mol. The molecule has 0 radical (unpaired) electrons. The minimum absolute atomic E-state index is 0.125. The van der Waals surface area contributed by atoms with Crippen LogP contribution in [0.15, 0.2) is 18.5 Å². The van der Waals surface area contributed by atoms with Gasteiger partial charge in [-0.05, 0) is 32.8 Å². The Morgan fingerprint density at radius 3 is 2.84 bits per heavy atom. The van der Waals surface area contributed by atoms with Gasteiger partial charge in [0.25, 0.3) is 0 Å². The van der Waals surface area contributed by atoms with Crippen LogP contribution < -0.4 is 5.32 Å². The highest BCUT2D eigenvalue weighted by Gasteiger charge is 2.21. The van der Waals surface area contributed by atoms with E-state index < -0.39 is 0 Å². The molecular weight excluding hydrogens is 316 g/mol. The summed E-state index contributed by atoms with van der Waals surface area (Å²) in [5.41, 5.74) is 2.22. The van der Waals surface area contributed by atoms with E-state index in [0.29, 0.717) is 0 Å². The quantitative estimate of drug-likeness (QED) is 0.897. The van der Waals surface area contributed by atoms with Crippen molar-refractivity contribution >= 4 is 11.7 Å². The van der Waals surface area contributed by atoms with Gasteiger partial charge in [-0.2, -0.15) is 5.10 Å². The highest BCUT2D eigenvalue weighted by atomic mass is 16.2. The van der Waals surface area contributed by atoms with Crippen LogP contribution in [0.4, 0.5) is 5.82 Å². The molecule has 1 amide bonds. The Labute approximate surface area is 148 Å². The third-order valence-corrected chi connectivity index (χ3v) is 4.63. The normalized spacial score (nSPS) is 15.4. The fraction of sp³-hybridized carbons (Fsp3) is 0.556. The summed E-state index contributed by atoms with van der Waals surface area (Å²) in [7, 11) is 0. The van der Waals surface area contributed by atoms with Crippen molar-refractivity contribution in [1.82, 2.24) is 24.6 Å². The molecule has 2 aromatic heterocycles. The van der Waals surface area contributed by atoms with Gasteiger partial charge in [0.05, 0.1) is 5.69 Å². The predicted octanol–water partition coefficient (Wildman–Crippen LogP) is 1.82. The molecule has 3 heterocycles. The molecule has 1 N–H and O–H groups in total. The highest BCUT2D eigenvalue weighted by molar-refractivity contribution is 5.73. The SMILES string of the molecule is CC(=O)N1CCc2nc(C)nc(NC(C)CCn3cccn3)c2CC1. The Bertz CT molecular complexity index is 727. The fourth-order valence-electron chi connectivity index (χ4n) is 3.22. The number of rotatable bonds is 5. The fourth-order valence-corrected chi connectivity index (χ4v) is 3.22. The largest absolute Gasteiger partial charge is 0.367 e. The molecule has 25 heavy (non-hydrogen) atoms. The smallest absolute Gasteiger partial charge is 0.219 e. The molecule has 1 aliphatic rings. The van der Waals surface area contributed by atoms with Gasteiger partial charge in [-0.25, -0.2) is 9.97 Å². The van der Waals surface area contributed by atoms with Crippen molar-refractivity contribution in [3.63, 3.8) is 0 Å². The van der Waals surface area contributed by atoms with E-state index in [2.05, 4.69) is 27.3 Å². The number of amides is 1. The molecule has 0 saturated heterocycles. The summed E-state index contributed by atoms with van der Waals surface area (Å²) < 4.78 is 1.94. The lowest BCUT2D eigenvalue weighted by atomic mass is 10.1. The van der Waals surface area contributed by atoms with Crippen LogP contribution in [0.2, 0.25) is 0 Å². The first-order chi connectivity index (χ1) is 12.0. The van der Waals surface area contributed by atoms with Crippen LogP contribution in [0.5, 0.6) is 0 Å². The van der Waals surface area contributed by atoms with Crippen molar-refractivity contribution in [2.45, 2.75) is 52.6 Å². The van der Waals surface area contributed by atoms with Crippen molar-refractivity contribution in [3.05, 3.63) is 35.5 Å². The predicted molar refractivity (Wildman–Crippen MR) is 96.4 cm³/mol. The van der Waals surface area contributed by atoms with E-state index in [-0.39, 0.29) is 11.9 Å². The van der Waals surface area contributed by atoms with Crippen LogP contribution in [-0.4, -0.2) is 49.7 Å². The van der Waals surface area contributed by atoms with Crippen LogP contribution in [0.25, 0.3) is 0 Å². The lowest BCUT2D eigenvalue weighted by molar-refractivity contribution is -0.128. The Morgan fingerprint density at radius 1 is 1.32 bits per heavy atom. The molecule has 1 unspecified atom stereocenters. The molecule has 2 aromatic rings. The standard InChI is InChI=1S/C18H26N6O/c1-13(5-12-24-9-4-8-19-24)20-18-16-6-10-23(15(3)25)11-7-17(16)21-14(2)22-18/h4,8-9,13H,5-7,10-12H2,1-3H3,(H,20,21,22). The summed E-state index contributed by atoms with van der Waals surface area (Å²) in [5.74, 6) is 1.82. The number of nitrogens with zero attached hydrogens (tertiary/aromatic N) is 5. The zero-order valence-corrected chi connectivity index (χ0v) is 15.2. The maximum atomic E-state index is 11.7. The molecule has 0 fully saturated rings. The van der Waals surface area contributed by atoms with Gasteiger partial charge >= 0.3 is 0 Å². The minimum atomic E-state index is 0.125. The van der Waals surface area contributed by atoms with Crippen molar-refractivity contribution in [2.75, 3.05) is 18.4 Å². The van der Waals surface area contributed by atoms with Gasteiger partial charge in [-0.15, -0.1) is 0 Å². The first-order valence-corrected chi connectivity index (χ1v) is 8.89. The van der Waals surface area contributed by atoms with E-state index in [1.54, 1.807) is 13.1 Å². The second-order valence-corrected chi connectivity index (χ2v) is 6.65. The zero-order chi connectivity index (χ0) is 17.8. The molecule has 1 aliphatic heterocycles. The summed E-state index contributed by atoms with van der Waals surface area (Å²) in [6.07, 6.45) is 6.31. The minimum Gasteiger partial charge on any atom is -0.367 e. The van der Waals surface area contributed by atoms with Gasteiger partial charge in [0.15, 0.2) is 0 Å². The molecule has 7 nitrogen and oxygen atoms in total. The van der Waals surface area contributed by atoms with Gasteiger partial charge in [-0.1, -0.05) is 0 Å². The molecule has 0 spiro atoms. The average Bonchev–Trinajstić information content (AvgIpc) is 2.98. The molecule has 134 valence electrons. The number of aryl methyl sites for hydroxylation is 2. The van der Waals surface area contributed by atoms with E-state index in [1.165, 1.54) is 0 Å². The number of carbonyl (C=O) groups excluding carboxylic acids is 1. The molecule has 0 saturated carbocycles. The maximum absolute atomic E-state index is 11.7. The lowest BCUT2D eigenvalue weighted by Gasteiger charge is -2.19. The lowest BCUT2D eigenvalue weighted by Crippen LogP contribution is -2.31. The molecule has 0 bridgehead atoms.